The largest absolute Gasteiger partial charge is 0.480 e. The molecule has 0 radical (unpaired) electrons. The summed E-state index contributed by atoms with van der Waals surface area (Å²) in [4.78, 5) is 13.4. The average Bonchev–Trinajstić information content (AvgIpc) is 2.63. The third-order valence-corrected chi connectivity index (χ3v) is 4.01. The lowest BCUT2D eigenvalue weighted by atomic mass is 10.1. The van der Waals surface area contributed by atoms with E-state index in [1.54, 1.807) is 0 Å². The Morgan fingerprint density at radius 2 is 2.28 bits per heavy atom. The molecule has 0 aliphatic carbocycles. The zero-order chi connectivity index (χ0) is 13.1. The van der Waals surface area contributed by atoms with Crippen molar-refractivity contribution in [1.29, 1.82) is 0 Å². The summed E-state index contributed by atoms with van der Waals surface area (Å²) in [6, 6.07) is 3.35. The van der Waals surface area contributed by atoms with Crippen molar-refractivity contribution >= 4 is 21.9 Å². The number of likely N-dealkylation sites (tertiary alicyclic amines) is 1. The van der Waals surface area contributed by atoms with Crippen molar-refractivity contribution in [2.45, 2.75) is 44.7 Å². The second kappa shape index (κ2) is 5.89. The number of carbonyl (C=O) groups is 1. The smallest absolute Gasteiger partial charge is 0.320 e. The van der Waals surface area contributed by atoms with E-state index < -0.39 is 12.0 Å². The number of carboxylic acids is 1. The average molecular weight is 316 g/mol. The summed E-state index contributed by atoms with van der Waals surface area (Å²) in [6.07, 6.45) is 3.87. The topological polar surface area (TPSA) is 53.7 Å². The standard InChI is InChI=1S/C13H18BrNO3/c1-9(11-6-7-12(14)18-11)15-8-4-2-3-5-10(15)13(16)17/h6-7,9-10H,2-5,8H2,1H3,(H,16,17). The van der Waals surface area contributed by atoms with Gasteiger partial charge in [0.05, 0.1) is 6.04 Å². The van der Waals surface area contributed by atoms with Gasteiger partial charge in [0.1, 0.15) is 11.8 Å². The maximum Gasteiger partial charge on any atom is 0.320 e. The summed E-state index contributed by atoms with van der Waals surface area (Å²) in [6.45, 7) is 2.82. The second-order valence-corrected chi connectivity index (χ2v) is 5.54. The van der Waals surface area contributed by atoms with E-state index in [1.807, 2.05) is 24.0 Å². The fraction of sp³-hybridized carbons (Fsp3) is 0.615. The third kappa shape index (κ3) is 2.95. The predicted octanol–water partition coefficient (Wildman–Crippen LogP) is 3.43. The molecule has 2 atom stereocenters. The van der Waals surface area contributed by atoms with E-state index in [9.17, 15) is 9.90 Å². The Kier molecular flexibility index (Phi) is 4.45. The highest BCUT2D eigenvalue weighted by molar-refractivity contribution is 9.10. The normalized spacial score (nSPS) is 23.6. The van der Waals surface area contributed by atoms with E-state index in [0.717, 1.165) is 38.0 Å². The number of nitrogens with zero attached hydrogens (tertiary/aromatic N) is 1. The summed E-state index contributed by atoms with van der Waals surface area (Å²) >= 11 is 3.28. The maximum atomic E-state index is 11.4. The molecule has 0 amide bonds. The lowest BCUT2D eigenvalue weighted by Crippen LogP contribution is -2.42. The van der Waals surface area contributed by atoms with Crippen LogP contribution in [-0.4, -0.2) is 28.6 Å². The van der Waals surface area contributed by atoms with Crippen molar-refractivity contribution in [3.8, 4) is 0 Å². The first-order valence-corrected chi connectivity index (χ1v) is 7.12. The van der Waals surface area contributed by atoms with Crippen molar-refractivity contribution in [1.82, 2.24) is 4.90 Å². The van der Waals surface area contributed by atoms with Gasteiger partial charge < -0.3 is 9.52 Å². The van der Waals surface area contributed by atoms with Gasteiger partial charge in [-0.25, -0.2) is 0 Å². The van der Waals surface area contributed by atoms with Crippen molar-refractivity contribution in [2.75, 3.05) is 6.54 Å². The van der Waals surface area contributed by atoms with Gasteiger partial charge in [0.2, 0.25) is 0 Å². The highest BCUT2D eigenvalue weighted by atomic mass is 79.9. The van der Waals surface area contributed by atoms with Crippen LogP contribution in [0.1, 0.15) is 44.4 Å². The number of rotatable bonds is 3. The predicted molar refractivity (Wildman–Crippen MR) is 71.4 cm³/mol. The maximum absolute atomic E-state index is 11.4. The highest BCUT2D eigenvalue weighted by Gasteiger charge is 2.32. The molecule has 1 aliphatic rings. The first-order chi connectivity index (χ1) is 8.59. The van der Waals surface area contributed by atoms with Crippen molar-refractivity contribution in [2.24, 2.45) is 0 Å². The number of carboxylic acid groups (broad SMARTS) is 1. The molecular formula is C13H18BrNO3. The fourth-order valence-corrected chi connectivity index (χ4v) is 2.89. The minimum atomic E-state index is -0.727. The summed E-state index contributed by atoms with van der Waals surface area (Å²) in [5.74, 6) is 0.0874. The van der Waals surface area contributed by atoms with Gasteiger partial charge in [-0.15, -0.1) is 0 Å². The molecule has 2 rings (SSSR count). The van der Waals surface area contributed by atoms with Gasteiger partial charge in [-0.2, -0.15) is 0 Å². The van der Waals surface area contributed by atoms with E-state index in [4.69, 9.17) is 4.42 Å². The SMILES string of the molecule is CC(c1ccc(Br)o1)N1CCCCCC1C(=O)O. The van der Waals surface area contributed by atoms with E-state index in [1.165, 1.54) is 0 Å². The quantitative estimate of drug-likeness (QED) is 0.928. The second-order valence-electron chi connectivity index (χ2n) is 4.76. The van der Waals surface area contributed by atoms with Crippen LogP contribution in [0.5, 0.6) is 0 Å². The van der Waals surface area contributed by atoms with Crippen LogP contribution < -0.4 is 0 Å². The van der Waals surface area contributed by atoms with E-state index >= 15 is 0 Å². The van der Waals surface area contributed by atoms with Crippen molar-refractivity contribution in [3.63, 3.8) is 0 Å². The van der Waals surface area contributed by atoms with Crippen LogP contribution in [0.2, 0.25) is 0 Å². The monoisotopic (exact) mass is 315 g/mol. The summed E-state index contributed by atoms with van der Waals surface area (Å²) < 4.78 is 6.24. The number of hydrogen-bond acceptors (Lipinski definition) is 3. The molecule has 18 heavy (non-hydrogen) atoms. The van der Waals surface area contributed by atoms with Crippen LogP contribution in [0, 0.1) is 0 Å². The lowest BCUT2D eigenvalue weighted by molar-refractivity contribution is -0.144. The molecule has 0 saturated carbocycles. The van der Waals surface area contributed by atoms with Crippen LogP contribution in [0.3, 0.4) is 0 Å². The Morgan fingerprint density at radius 1 is 1.50 bits per heavy atom. The Labute approximate surface area is 115 Å². The van der Waals surface area contributed by atoms with E-state index in [2.05, 4.69) is 15.9 Å². The van der Waals surface area contributed by atoms with Crippen LogP contribution in [0.4, 0.5) is 0 Å². The fourth-order valence-electron chi connectivity index (χ4n) is 2.58. The van der Waals surface area contributed by atoms with Gasteiger partial charge in [0.15, 0.2) is 4.67 Å². The molecule has 0 spiro atoms. The molecule has 0 bridgehead atoms. The molecule has 1 fully saturated rings. The molecule has 1 aromatic heterocycles. The first kappa shape index (κ1) is 13.6. The van der Waals surface area contributed by atoms with Gasteiger partial charge in [0, 0.05) is 0 Å². The lowest BCUT2D eigenvalue weighted by Gasteiger charge is -2.31. The molecule has 2 unspecified atom stereocenters. The minimum absolute atomic E-state index is 0.00417. The molecule has 0 aromatic carbocycles. The minimum Gasteiger partial charge on any atom is -0.480 e. The first-order valence-electron chi connectivity index (χ1n) is 6.33. The molecule has 100 valence electrons. The molecule has 2 heterocycles. The van der Waals surface area contributed by atoms with E-state index in [-0.39, 0.29) is 6.04 Å². The Morgan fingerprint density at radius 3 is 2.89 bits per heavy atom. The summed E-state index contributed by atoms with van der Waals surface area (Å²) in [5, 5.41) is 9.35. The number of aliphatic carboxylic acids is 1. The van der Waals surface area contributed by atoms with Crippen LogP contribution in [0.15, 0.2) is 21.2 Å². The molecular weight excluding hydrogens is 298 g/mol. The van der Waals surface area contributed by atoms with Crippen LogP contribution in [0.25, 0.3) is 0 Å². The van der Waals surface area contributed by atoms with Crippen LogP contribution in [-0.2, 0) is 4.79 Å². The highest BCUT2D eigenvalue weighted by Crippen LogP contribution is 2.30. The zero-order valence-electron chi connectivity index (χ0n) is 10.4. The summed E-state index contributed by atoms with van der Waals surface area (Å²) in [7, 11) is 0. The molecule has 1 saturated heterocycles. The number of furan rings is 1. The van der Waals surface area contributed by atoms with Gasteiger partial charge in [-0.1, -0.05) is 12.8 Å². The Balaban J connectivity index is 2.19. The van der Waals surface area contributed by atoms with Gasteiger partial charge in [0.25, 0.3) is 0 Å². The molecule has 4 nitrogen and oxygen atoms in total. The Bertz CT molecular complexity index is 418. The number of halogens is 1. The zero-order valence-corrected chi connectivity index (χ0v) is 12.0. The van der Waals surface area contributed by atoms with Gasteiger partial charge in [-0.05, 0) is 54.4 Å². The van der Waals surface area contributed by atoms with Crippen molar-refractivity contribution in [3.05, 3.63) is 22.6 Å². The van der Waals surface area contributed by atoms with Gasteiger partial charge >= 0.3 is 5.97 Å². The van der Waals surface area contributed by atoms with Crippen molar-refractivity contribution < 1.29 is 14.3 Å². The Hall–Kier alpha value is -0.810. The number of hydrogen-bond donors (Lipinski definition) is 1. The molecule has 1 aliphatic heterocycles. The molecule has 1 aromatic rings. The van der Waals surface area contributed by atoms with E-state index in [0.29, 0.717) is 4.67 Å². The van der Waals surface area contributed by atoms with Crippen LogP contribution >= 0.6 is 15.9 Å². The van der Waals surface area contributed by atoms with Gasteiger partial charge in [-0.3, -0.25) is 9.69 Å². The third-order valence-electron chi connectivity index (χ3n) is 3.58. The summed E-state index contributed by atoms with van der Waals surface area (Å²) in [5.41, 5.74) is 0. The molecule has 1 N–H and O–H groups in total. The molecule has 5 heteroatoms.